The van der Waals surface area contributed by atoms with Crippen LogP contribution < -0.4 is 10.6 Å². The summed E-state index contributed by atoms with van der Waals surface area (Å²) >= 11 is 2.06. The summed E-state index contributed by atoms with van der Waals surface area (Å²) in [4.78, 5) is 11.4. The summed E-state index contributed by atoms with van der Waals surface area (Å²) in [6.45, 7) is 5.54. The number of halogens is 1. The maximum atomic E-state index is 5.54. The van der Waals surface area contributed by atoms with Crippen LogP contribution in [-0.2, 0) is 11.2 Å². The van der Waals surface area contributed by atoms with Gasteiger partial charge in [0.1, 0.15) is 0 Å². The van der Waals surface area contributed by atoms with Crippen LogP contribution in [0.2, 0.25) is 0 Å². The first kappa shape index (κ1) is 21.7. The van der Waals surface area contributed by atoms with Crippen molar-refractivity contribution < 1.29 is 4.74 Å². The molecule has 2 saturated heterocycles. The van der Waals surface area contributed by atoms with Gasteiger partial charge in [-0.25, -0.2) is 0 Å². The van der Waals surface area contributed by atoms with Gasteiger partial charge >= 0.3 is 0 Å². The Morgan fingerprint density at radius 2 is 2.19 bits per heavy atom. The van der Waals surface area contributed by atoms with E-state index in [2.05, 4.69) is 43.3 Å². The van der Waals surface area contributed by atoms with Gasteiger partial charge in [0.05, 0.1) is 13.2 Å². The molecule has 0 radical (unpaired) electrons. The van der Waals surface area contributed by atoms with Gasteiger partial charge in [0.2, 0.25) is 0 Å². The Morgan fingerprint density at radius 3 is 2.85 bits per heavy atom. The molecule has 3 heterocycles. The summed E-state index contributed by atoms with van der Waals surface area (Å²) in [5.74, 6) is 3.30. The number of rotatable bonds is 6. The van der Waals surface area contributed by atoms with Crippen molar-refractivity contribution in [2.75, 3.05) is 57.9 Å². The molecule has 0 spiro atoms. The number of ether oxygens (including phenoxy) is 1. The van der Waals surface area contributed by atoms with Crippen LogP contribution in [-0.4, -0.2) is 79.3 Å². The van der Waals surface area contributed by atoms with E-state index in [4.69, 9.17) is 4.74 Å². The number of hydrogen-bond donors (Lipinski definition) is 2. The van der Waals surface area contributed by atoms with Crippen molar-refractivity contribution in [3.63, 3.8) is 0 Å². The number of hydrogen-bond acceptors (Lipinski definition) is 5. The van der Waals surface area contributed by atoms with E-state index in [0.717, 1.165) is 57.5 Å². The van der Waals surface area contributed by atoms with Crippen LogP contribution in [0.4, 0.5) is 0 Å². The molecule has 146 valence electrons. The largest absolute Gasteiger partial charge is 0.379 e. The number of aromatic nitrogens is 1. The Labute approximate surface area is 178 Å². The number of nitrogens with one attached hydrogen (secondary N) is 2. The lowest BCUT2D eigenvalue weighted by Gasteiger charge is -2.43. The van der Waals surface area contributed by atoms with Gasteiger partial charge in [0, 0.05) is 62.8 Å². The third-order valence-electron chi connectivity index (χ3n) is 4.97. The van der Waals surface area contributed by atoms with Gasteiger partial charge in [0.15, 0.2) is 5.96 Å². The number of aliphatic imine (C=N–C) groups is 1. The maximum absolute atomic E-state index is 5.54. The van der Waals surface area contributed by atoms with E-state index in [-0.39, 0.29) is 29.5 Å². The Balaban J connectivity index is 0.00000243. The van der Waals surface area contributed by atoms with E-state index < -0.39 is 0 Å². The van der Waals surface area contributed by atoms with Crippen LogP contribution in [0.15, 0.2) is 29.4 Å². The summed E-state index contributed by atoms with van der Waals surface area (Å²) in [7, 11) is 1.83. The lowest BCUT2D eigenvalue weighted by molar-refractivity contribution is -0.0120. The fraction of sp³-hybridized carbons (Fsp3) is 0.667. The van der Waals surface area contributed by atoms with Crippen LogP contribution in [0.25, 0.3) is 0 Å². The molecule has 0 bridgehead atoms. The maximum Gasteiger partial charge on any atom is 0.191 e. The van der Waals surface area contributed by atoms with Crippen molar-refractivity contribution in [1.82, 2.24) is 20.5 Å². The van der Waals surface area contributed by atoms with E-state index in [1.54, 1.807) is 0 Å². The zero-order valence-corrected chi connectivity index (χ0v) is 18.6. The minimum Gasteiger partial charge on any atom is -0.379 e. The molecule has 2 N–H and O–H groups in total. The zero-order valence-electron chi connectivity index (χ0n) is 15.4. The Morgan fingerprint density at radius 1 is 1.35 bits per heavy atom. The van der Waals surface area contributed by atoms with E-state index in [9.17, 15) is 0 Å². The molecule has 0 amide bonds. The van der Waals surface area contributed by atoms with Crippen LogP contribution in [0.1, 0.15) is 12.1 Å². The smallest absolute Gasteiger partial charge is 0.191 e. The SMILES string of the molecule is CN=C(NCCc1ccccn1)NCC1(N2CCOCC2)CCSC1.I. The molecule has 1 aromatic rings. The molecule has 1 atom stereocenters. The average Bonchev–Trinajstić information content (AvgIpc) is 3.16. The second-order valence-corrected chi connectivity index (χ2v) is 7.66. The average molecular weight is 491 g/mol. The minimum atomic E-state index is 0. The molecular weight excluding hydrogens is 461 g/mol. The first-order valence-corrected chi connectivity index (χ1v) is 10.2. The summed E-state index contributed by atoms with van der Waals surface area (Å²) in [6.07, 6.45) is 3.97. The summed E-state index contributed by atoms with van der Waals surface area (Å²) in [6, 6.07) is 6.03. The van der Waals surface area contributed by atoms with E-state index in [0.29, 0.717) is 0 Å². The third-order valence-corrected chi connectivity index (χ3v) is 6.21. The number of morpholine rings is 1. The lowest BCUT2D eigenvalue weighted by Crippen LogP contribution is -2.60. The minimum absolute atomic E-state index is 0. The van der Waals surface area contributed by atoms with Crippen LogP contribution in [0, 0.1) is 0 Å². The number of pyridine rings is 1. The van der Waals surface area contributed by atoms with Gasteiger partial charge in [0.25, 0.3) is 0 Å². The van der Waals surface area contributed by atoms with Crippen molar-refractivity contribution in [3.8, 4) is 0 Å². The van der Waals surface area contributed by atoms with Gasteiger partial charge in [-0.2, -0.15) is 11.8 Å². The summed E-state index contributed by atoms with van der Waals surface area (Å²) < 4.78 is 5.54. The molecule has 26 heavy (non-hydrogen) atoms. The second-order valence-electron chi connectivity index (χ2n) is 6.55. The molecule has 0 saturated carbocycles. The monoisotopic (exact) mass is 491 g/mol. The van der Waals surface area contributed by atoms with E-state index in [1.807, 2.05) is 25.4 Å². The Kier molecular flexibility index (Phi) is 9.44. The highest BCUT2D eigenvalue weighted by Gasteiger charge is 2.40. The predicted octanol–water partition coefficient (Wildman–Crippen LogP) is 1.61. The molecule has 2 fully saturated rings. The first-order chi connectivity index (χ1) is 12.3. The zero-order chi connectivity index (χ0) is 17.4. The van der Waals surface area contributed by atoms with Crippen molar-refractivity contribution in [1.29, 1.82) is 0 Å². The molecule has 2 aliphatic rings. The molecule has 3 rings (SSSR count). The first-order valence-electron chi connectivity index (χ1n) is 9.07. The van der Waals surface area contributed by atoms with Crippen LogP contribution in [0.3, 0.4) is 0 Å². The highest BCUT2D eigenvalue weighted by atomic mass is 127. The Bertz CT molecular complexity index is 548. The highest BCUT2D eigenvalue weighted by Crippen LogP contribution is 2.33. The van der Waals surface area contributed by atoms with Gasteiger partial charge < -0.3 is 15.4 Å². The number of nitrogens with zero attached hydrogens (tertiary/aromatic N) is 3. The highest BCUT2D eigenvalue weighted by molar-refractivity contribution is 14.0. The standard InChI is InChI=1S/C18H29N5OS.HI/c1-19-17(21-8-5-16-4-2-3-7-20-16)22-14-18(6-13-25-15-18)23-9-11-24-12-10-23;/h2-4,7H,5-6,8-15H2,1H3,(H2,19,21,22);1H. The second kappa shape index (κ2) is 11.3. The molecule has 2 aliphatic heterocycles. The number of guanidine groups is 1. The van der Waals surface area contributed by atoms with Gasteiger partial charge in [-0.05, 0) is 24.3 Å². The lowest BCUT2D eigenvalue weighted by atomic mass is 9.95. The molecule has 0 aromatic carbocycles. The van der Waals surface area contributed by atoms with Gasteiger partial charge in [-0.15, -0.1) is 24.0 Å². The van der Waals surface area contributed by atoms with Gasteiger partial charge in [-0.1, -0.05) is 6.07 Å². The number of thioether (sulfide) groups is 1. The molecule has 1 unspecified atom stereocenters. The van der Waals surface area contributed by atoms with E-state index in [1.165, 1.54) is 17.9 Å². The molecule has 8 heteroatoms. The molecule has 0 aliphatic carbocycles. The molecule has 6 nitrogen and oxygen atoms in total. The van der Waals surface area contributed by atoms with Crippen molar-refractivity contribution >= 4 is 41.7 Å². The Hall–Kier alpha value is -0.580. The summed E-state index contributed by atoms with van der Waals surface area (Å²) in [5, 5.41) is 6.97. The van der Waals surface area contributed by atoms with E-state index >= 15 is 0 Å². The van der Waals surface area contributed by atoms with Crippen molar-refractivity contribution in [2.45, 2.75) is 18.4 Å². The quantitative estimate of drug-likeness (QED) is 0.359. The van der Waals surface area contributed by atoms with Crippen molar-refractivity contribution in [3.05, 3.63) is 30.1 Å². The predicted molar refractivity (Wildman–Crippen MR) is 120 cm³/mol. The molecule has 1 aromatic heterocycles. The normalized spacial score (nSPS) is 24.1. The van der Waals surface area contributed by atoms with Gasteiger partial charge in [-0.3, -0.25) is 14.9 Å². The fourth-order valence-corrected chi connectivity index (χ4v) is 4.94. The van der Waals surface area contributed by atoms with Crippen LogP contribution in [0.5, 0.6) is 0 Å². The fourth-order valence-electron chi connectivity index (χ4n) is 3.46. The summed E-state index contributed by atoms with van der Waals surface area (Å²) in [5.41, 5.74) is 1.33. The van der Waals surface area contributed by atoms with Crippen LogP contribution >= 0.6 is 35.7 Å². The topological polar surface area (TPSA) is 61.8 Å². The van der Waals surface area contributed by atoms with Crippen molar-refractivity contribution in [2.24, 2.45) is 4.99 Å². The third kappa shape index (κ3) is 5.97. The molecular formula is C18H30IN5OS.